The van der Waals surface area contributed by atoms with Gasteiger partial charge in [-0.25, -0.2) is 0 Å². The predicted molar refractivity (Wildman–Crippen MR) is 73.6 cm³/mol. The number of hydrogen-bond donors (Lipinski definition) is 1. The molecule has 2 aliphatic rings. The van der Waals surface area contributed by atoms with Gasteiger partial charge in [0.2, 0.25) is 0 Å². The number of quaternary nitrogens is 1. The van der Waals surface area contributed by atoms with E-state index in [1.165, 1.54) is 31.6 Å². The summed E-state index contributed by atoms with van der Waals surface area (Å²) in [5, 5.41) is 4.73. The zero-order valence-corrected chi connectivity index (χ0v) is 11.5. The summed E-state index contributed by atoms with van der Waals surface area (Å²) in [6.07, 6.45) is 3.57. The van der Waals surface area contributed by atoms with Gasteiger partial charge in [-0.2, -0.15) is 5.10 Å². The van der Waals surface area contributed by atoms with Crippen LogP contribution in [0.2, 0.25) is 0 Å². The highest BCUT2D eigenvalue weighted by Gasteiger charge is 2.28. The summed E-state index contributed by atoms with van der Waals surface area (Å²) in [6.45, 7) is 5.50. The van der Waals surface area contributed by atoms with Crippen LogP contribution in [0.5, 0.6) is 0 Å². The maximum absolute atomic E-state index is 6.29. The smallest absolute Gasteiger partial charge is 0.174 e. The lowest BCUT2D eigenvalue weighted by atomic mass is 10.1. The molecule has 0 radical (unpaired) electrons. The largest absolute Gasteiger partial charge is 0.394 e. The molecule has 1 aromatic rings. The van der Waals surface area contributed by atoms with Crippen LogP contribution in [0.3, 0.4) is 0 Å². The molecule has 100 valence electrons. The van der Waals surface area contributed by atoms with E-state index in [1.807, 2.05) is 0 Å². The topological polar surface area (TPSA) is 47.1 Å². The van der Waals surface area contributed by atoms with E-state index < -0.39 is 0 Å². The second-order valence-electron chi connectivity index (χ2n) is 6.23. The lowest BCUT2D eigenvalue weighted by molar-refractivity contribution is -0.890. The summed E-state index contributed by atoms with van der Waals surface area (Å²) in [5.74, 6) is 1.03. The molecule has 0 bridgehead atoms. The Morgan fingerprint density at radius 3 is 2.50 bits per heavy atom. The molecule has 0 unspecified atom stereocenters. The van der Waals surface area contributed by atoms with Crippen LogP contribution in [-0.2, 0) is 13.0 Å². The van der Waals surface area contributed by atoms with E-state index in [1.54, 1.807) is 0 Å². The number of nitrogens with two attached hydrogens (primary N) is 1. The van der Waals surface area contributed by atoms with Crippen LogP contribution in [0.15, 0.2) is 0 Å². The van der Waals surface area contributed by atoms with Gasteiger partial charge in [-0.3, -0.25) is 4.68 Å². The van der Waals surface area contributed by atoms with Gasteiger partial charge in [-0.05, 0) is 19.3 Å². The van der Waals surface area contributed by atoms with Crippen molar-refractivity contribution in [2.24, 2.45) is 0 Å². The molecule has 0 aliphatic carbocycles. The number of anilines is 2. The molecule has 1 fully saturated rings. The lowest BCUT2D eigenvalue weighted by Gasteiger charge is -2.39. The molecule has 0 amide bonds. The van der Waals surface area contributed by atoms with Gasteiger partial charge in [-0.1, -0.05) is 0 Å². The number of aryl methyl sites for hydroxylation is 1. The standard InChI is InChI=1S/C13H24N5/c1-18(2)9-7-16(8-10-18)13-12(14)11-5-3-4-6-17(11)15-13/h3-10,14H2,1-2H3/q+1. The maximum Gasteiger partial charge on any atom is 0.174 e. The van der Waals surface area contributed by atoms with Crippen molar-refractivity contribution >= 4 is 11.5 Å². The summed E-state index contributed by atoms with van der Waals surface area (Å²) in [5.41, 5.74) is 8.48. The van der Waals surface area contributed by atoms with Gasteiger partial charge in [0, 0.05) is 6.54 Å². The fraction of sp³-hybridized carbons (Fsp3) is 0.769. The van der Waals surface area contributed by atoms with Gasteiger partial charge in [0.15, 0.2) is 5.82 Å². The van der Waals surface area contributed by atoms with E-state index in [0.717, 1.165) is 42.0 Å². The highest BCUT2D eigenvalue weighted by Crippen LogP contribution is 2.30. The first-order chi connectivity index (χ1) is 8.57. The minimum Gasteiger partial charge on any atom is -0.394 e. The average Bonchev–Trinajstić information content (AvgIpc) is 2.68. The van der Waals surface area contributed by atoms with E-state index in [9.17, 15) is 0 Å². The normalized spacial score (nSPS) is 22.9. The van der Waals surface area contributed by atoms with Crippen molar-refractivity contribution in [2.75, 3.05) is 50.9 Å². The number of fused-ring (bicyclic) bond motifs is 1. The summed E-state index contributed by atoms with van der Waals surface area (Å²) in [6, 6.07) is 0. The second kappa shape index (κ2) is 4.16. The highest BCUT2D eigenvalue weighted by molar-refractivity contribution is 5.66. The van der Waals surface area contributed by atoms with Gasteiger partial charge >= 0.3 is 0 Å². The first kappa shape index (κ1) is 11.8. The molecule has 2 aliphatic heterocycles. The molecular formula is C13H24N5+. The minimum atomic E-state index is 0.932. The van der Waals surface area contributed by atoms with Crippen molar-refractivity contribution in [1.29, 1.82) is 0 Å². The zero-order valence-electron chi connectivity index (χ0n) is 11.5. The molecule has 0 atom stereocenters. The van der Waals surface area contributed by atoms with Gasteiger partial charge in [0.05, 0.1) is 51.7 Å². The first-order valence-corrected chi connectivity index (χ1v) is 6.99. The highest BCUT2D eigenvalue weighted by atomic mass is 15.4. The Morgan fingerprint density at radius 2 is 1.83 bits per heavy atom. The van der Waals surface area contributed by atoms with E-state index in [2.05, 4.69) is 23.7 Å². The Balaban J connectivity index is 1.83. The van der Waals surface area contributed by atoms with Crippen molar-refractivity contribution < 1.29 is 4.48 Å². The van der Waals surface area contributed by atoms with Crippen LogP contribution in [0.1, 0.15) is 18.5 Å². The Labute approximate surface area is 109 Å². The van der Waals surface area contributed by atoms with E-state index >= 15 is 0 Å². The average molecular weight is 250 g/mol. The molecule has 5 heteroatoms. The number of aromatic nitrogens is 2. The monoisotopic (exact) mass is 250 g/mol. The van der Waals surface area contributed by atoms with Gasteiger partial charge in [0.1, 0.15) is 0 Å². The molecule has 0 spiro atoms. The molecule has 0 aromatic carbocycles. The SMILES string of the molecule is C[N+]1(C)CCN(c2nn3c(c2N)CCCC3)CC1. The molecule has 5 nitrogen and oxygen atoms in total. The van der Waals surface area contributed by atoms with Crippen LogP contribution >= 0.6 is 0 Å². The Hall–Kier alpha value is -1.23. The minimum absolute atomic E-state index is 0.932. The van der Waals surface area contributed by atoms with Gasteiger partial charge < -0.3 is 15.1 Å². The Morgan fingerprint density at radius 1 is 1.11 bits per heavy atom. The van der Waals surface area contributed by atoms with Crippen molar-refractivity contribution in [3.8, 4) is 0 Å². The van der Waals surface area contributed by atoms with E-state index in [0.29, 0.717) is 0 Å². The van der Waals surface area contributed by atoms with Crippen molar-refractivity contribution in [3.63, 3.8) is 0 Å². The van der Waals surface area contributed by atoms with Crippen LogP contribution in [0.4, 0.5) is 11.5 Å². The number of likely N-dealkylation sites (N-methyl/N-ethyl adjacent to an activating group) is 1. The van der Waals surface area contributed by atoms with Crippen LogP contribution < -0.4 is 10.6 Å². The Kier molecular flexibility index (Phi) is 2.73. The third-order valence-electron chi connectivity index (χ3n) is 4.36. The summed E-state index contributed by atoms with van der Waals surface area (Å²) < 4.78 is 3.23. The number of piperazine rings is 1. The van der Waals surface area contributed by atoms with E-state index in [-0.39, 0.29) is 0 Å². The molecule has 2 N–H and O–H groups in total. The van der Waals surface area contributed by atoms with E-state index in [4.69, 9.17) is 10.8 Å². The first-order valence-electron chi connectivity index (χ1n) is 6.99. The number of hydrogen-bond acceptors (Lipinski definition) is 3. The quantitative estimate of drug-likeness (QED) is 0.746. The van der Waals surface area contributed by atoms with Crippen LogP contribution in [0.25, 0.3) is 0 Å². The molecule has 1 saturated heterocycles. The molecule has 0 saturated carbocycles. The molecule has 18 heavy (non-hydrogen) atoms. The second-order valence-corrected chi connectivity index (χ2v) is 6.23. The number of nitrogens with zero attached hydrogens (tertiary/aromatic N) is 4. The summed E-state index contributed by atoms with van der Waals surface area (Å²) in [7, 11) is 4.58. The van der Waals surface area contributed by atoms with Crippen LogP contribution in [0, 0.1) is 0 Å². The third kappa shape index (κ3) is 1.96. The summed E-state index contributed by atoms with van der Waals surface area (Å²) in [4.78, 5) is 2.37. The molecule has 3 heterocycles. The third-order valence-corrected chi connectivity index (χ3v) is 4.36. The summed E-state index contributed by atoms with van der Waals surface area (Å²) >= 11 is 0. The number of rotatable bonds is 1. The Bertz CT molecular complexity index is 438. The lowest BCUT2D eigenvalue weighted by Crippen LogP contribution is -2.55. The molecule has 3 rings (SSSR count). The maximum atomic E-state index is 6.29. The van der Waals surface area contributed by atoms with Crippen molar-refractivity contribution in [2.45, 2.75) is 25.8 Å². The predicted octanol–water partition coefficient (Wildman–Crippen LogP) is 0.698. The fourth-order valence-electron chi connectivity index (χ4n) is 2.95. The zero-order chi connectivity index (χ0) is 12.8. The van der Waals surface area contributed by atoms with Crippen LogP contribution in [-0.4, -0.2) is 54.5 Å². The number of nitrogen functional groups attached to an aromatic ring is 1. The van der Waals surface area contributed by atoms with Crippen molar-refractivity contribution in [3.05, 3.63) is 5.69 Å². The van der Waals surface area contributed by atoms with Gasteiger partial charge in [-0.15, -0.1) is 0 Å². The van der Waals surface area contributed by atoms with Gasteiger partial charge in [0.25, 0.3) is 0 Å². The van der Waals surface area contributed by atoms with Crippen molar-refractivity contribution in [1.82, 2.24) is 9.78 Å². The molecular weight excluding hydrogens is 226 g/mol. The molecule has 1 aromatic heterocycles. The fourth-order valence-corrected chi connectivity index (χ4v) is 2.95.